The first-order valence-corrected chi connectivity index (χ1v) is 4.38. The Balaban J connectivity index is 3.42. The molecule has 0 atom stereocenters. The number of ether oxygens (including phenoxy) is 1. The number of aldehydes is 2. The number of carbonyl (C=O) groups is 2. The van der Waals surface area contributed by atoms with Crippen molar-refractivity contribution >= 4 is 12.6 Å². The molecule has 0 aliphatic carbocycles. The highest BCUT2D eigenvalue weighted by molar-refractivity contribution is 5.95. The average Bonchev–Trinajstić information content (AvgIpc) is 2.28. The number of nitriles is 1. The van der Waals surface area contributed by atoms with Gasteiger partial charge >= 0.3 is 0 Å². The molecule has 1 aromatic carbocycles. The Kier molecular flexibility index (Phi) is 3.58. The Hall–Kier alpha value is -2.15. The van der Waals surface area contributed by atoms with Crippen molar-refractivity contribution in [2.45, 2.75) is 6.92 Å². The minimum Gasteiger partial charge on any atom is -0.493 e. The second-order valence-electron chi connectivity index (χ2n) is 2.72. The molecule has 0 amide bonds. The monoisotopic (exact) mass is 203 g/mol. The number of rotatable bonds is 4. The van der Waals surface area contributed by atoms with Gasteiger partial charge in [0, 0.05) is 5.56 Å². The van der Waals surface area contributed by atoms with E-state index in [2.05, 4.69) is 0 Å². The number of benzene rings is 1. The summed E-state index contributed by atoms with van der Waals surface area (Å²) >= 11 is 0. The zero-order chi connectivity index (χ0) is 11.3. The largest absolute Gasteiger partial charge is 0.493 e. The van der Waals surface area contributed by atoms with Gasteiger partial charge in [-0.2, -0.15) is 5.26 Å². The third-order valence-electron chi connectivity index (χ3n) is 1.90. The van der Waals surface area contributed by atoms with Crippen LogP contribution in [0.5, 0.6) is 5.75 Å². The van der Waals surface area contributed by atoms with Gasteiger partial charge in [-0.05, 0) is 19.1 Å². The molecule has 0 aromatic heterocycles. The fourth-order valence-corrected chi connectivity index (χ4v) is 1.24. The zero-order valence-electron chi connectivity index (χ0n) is 8.19. The number of hydrogen-bond donors (Lipinski definition) is 0. The van der Waals surface area contributed by atoms with E-state index in [0.717, 1.165) is 0 Å². The van der Waals surface area contributed by atoms with Crippen LogP contribution in [0.4, 0.5) is 0 Å². The van der Waals surface area contributed by atoms with E-state index in [1.807, 2.05) is 6.07 Å². The number of hydrogen-bond acceptors (Lipinski definition) is 4. The summed E-state index contributed by atoms with van der Waals surface area (Å²) in [7, 11) is 0. The van der Waals surface area contributed by atoms with E-state index < -0.39 is 0 Å². The molecule has 0 saturated heterocycles. The second kappa shape index (κ2) is 4.91. The lowest BCUT2D eigenvalue weighted by atomic mass is 10.0. The van der Waals surface area contributed by atoms with Crippen molar-refractivity contribution in [2.75, 3.05) is 6.61 Å². The smallest absolute Gasteiger partial charge is 0.154 e. The summed E-state index contributed by atoms with van der Waals surface area (Å²) in [4.78, 5) is 21.6. The maximum atomic E-state index is 10.8. The quantitative estimate of drug-likeness (QED) is 0.697. The molecule has 4 nitrogen and oxygen atoms in total. The maximum Gasteiger partial charge on any atom is 0.154 e. The van der Waals surface area contributed by atoms with Crippen LogP contribution in [0.2, 0.25) is 0 Å². The van der Waals surface area contributed by atoms with Crippen LogP contribution >= 0.6 is 0 Å². The molecule has 0 aliphatic rings. The van der Waals surface area contributed by atoms with E-state index >= 15 is 0 Å². The van der Waals surface area contributed by atoms with Gasteiger partial charge in [0.2, 0.25) is 0 Å². The fraction of sp³-hybridized carbons (Fsp3) is 0.182. The summed E-state index contributed by atoms with van der Waals surface area (Å²) in [6.45, 7) is 2.17. The summed E-state index contributed by atoms with van der Waals surface area (Å²) in [6.07, 6.45) is 1.01. The Morgan fingerprint density at radius 1 is 1.33 bits per heavy atom. The normalized spacial score (nSPS) is 9.07. The standard InChI is InChI=1S/C11H9NO3/c1-2-15-11-4-3-8(5-12)9(6-13)10(11)7-14/h3-4,6-7H,2H2,1H3. The molecule has 15 heavy (non-hydrogen) atoms. The van der Waals surface area contributed by atoms with Gasteiger partial charge < -0.3 is 4.74 Å². The van der Waals surface area contributed by atoms with E-state index in [1.165, 1.54) is 12.1 Å². The first-order chi connectivity index (χ1) is 7.28. The first-order valence-electron chi connectivity index (χ1n) is 4.38. The molecule has 4 heteroatoms. The van der Waals surface area contributed by atoms with E-state index in [9.17, 15) is 9.59 Å². The van der Waals surface area contributed by atoms with Gasteiger partial charge in [0.1, 0.15) is 5.75 Å². The predicted molar refractivity (Wildman–Crippen MR) is 53.1 cm³/mol. The van der Waals surface area contributed by atoms with Crippen molar-refractivity contribution in [3.05, 3.63) is 28.8 Å². The molecule has 0 fully saturated rings. The SMILES string of the molecule is CCOc1ccc(C#N)c(C=O)c1C=O. The summed E-state index contributed by atoms with van der Waals surface area (Å²) in [6, 6.07) is 4.82. The van der Waals surface area contributed by atoms with Crippen LogP contribution in [0.25, 0.3) is 0 Å². The Labute approximate surface area is 87.1 Å². The van der Waals surface area contributed by atoms with Gasteiger partial charge in [-0.15, -0.1) is 0 Å². The Morgan fingerprint density at radius 2 is 2.00 bits per heavy atom. The van der Waals surface area contributed by atoms with Crippen LogP contribution in [-0.4, -0.2) is 19.2 Å². The van der Waals surface area contributed by atoms with Crippen LogP contribution in [0.3, 0.4) is 0 Å². The van der Waals surface area contributed by atoms with Crippen LogP contribution in [-0.2, 0) is 0 Å². The van der Waals surface area contributed by atoms with E-state index in [0.29, 0.717) is 24.9 Å². The van der Waals surface area contributed by atoms with Crippen LogP contribution in [0.1, 0.15) is 33.2 Å². The van der Waals surface area contributed by atoms with Crippen LogP contribution < -0.4 is 4.74 Å². The highest BCUT2D eigenvalue weighted by Gasteiger charge is 2.12. The predicted octanol–water partition coefficient (Wildman–Crippen LogP) is 1.58. The molecule has 0 aliphatic heterocycles. The Bertz CT molecular complexity index is 432. The molecule has 1 rings (SSSR count). The molecule has 76 valence electrons. The molecule has 0 bridgehead atoms. The highest BCUT2D eigenvalue weighted by Crippen LogP contribution is 2.22. The maximum absolute atomic E-state index is 10.8. The second-order valence-corrected chi connectivity index (χ2v) is 2.72. The fourth-order valence-electron chi connectivity index (χ4n) is 1.24. The van der Waals surface area contributed by atoms with Gasteiger partial charge in [-0.25, -0.2) is 0 Å². The van der Waals surface area contributed by atoms with Gasteiger partial charge in [-0.3, -0.25) is 9.59 Å². The summed E-state index contributed by atoms with van der Waals surface area (Å²) < 4.78 is 5.17. The molecular formula is C11H9NO3. The summed E-state index contributed by atoms with van der Waals surface area (Å²) in [5, 5.41) is 8.72. The number of carbonyl (C=O) groups excluding carboxylic acids is 2. The third kappa shape index (κ3) is 2.02. The van der Waals surface area contributed by atoms with Gasteiger partial charge in [0.15, 0.2) is 12.6 Å². The molecular weight excluding hydrogens is 194 g/mol. The third-order valence-corrected chi connectivity index (χ3v) is 1.90. The lowest BCUT2D eigenvalue weighted by molar-refractivity contribution is 0.109. The minimum absolute atomic E-state index is 0.0819. The summed E-state index contributed by atoms with van der Waals surface area (Å²) in [5.41, 5.74) is 0.389. The Morgan fingerprint density at radius 3 is 2.47 bits per heavy atom. The van der Waals surface area contributed by atoms with Crippen LogP contribution in [0.15, 0.2) is 12.1 Å². The van der Waals surface area contributed by atoms with Gasteiger partial charge in [0.25, 0.3) is 0 Å². The molecule has 0 heterocycles. The van der Waals surface area contributed by atoms with E-state index in [1.54, 1.807) is 6.92 Å². The topological polar surface area (TPSA) is 67.2 Å². The molecule has 0 N–H and O–H groups in total. The molecule has 0 radical (unpaired) electrons. The van der Waals surface area contributed by atoms with Gasteiger partial charge in [-0.1, -0.05) is 0 Å². The zero-order valence-corrected chi connectivity index (χ0v) is 8.19. The molecule has 0 saturated carbocycles. The molecule has 0 spiro atoms. The van der Waals surface area contributed by atoms with Crippen molar-refractivity contribution in [2.24, 2.45) is 0 Å². The van der Waals surface area contributed by atoms with Crippen molar-refractivity contribution in [1.29, 1.82) is 5.26 Å². The molecule has 1 aromatic rings. The summed E-state index contributed by atoms with van der Waals surface area (Å²) in [5.74, 6) is 0.327. The van der Waals surface area contributed by atoms with E-state index in [-0.39, 0.29) is 16.7 Å². The van der Waals surface area contributed by atoms with Crippen molar-refractivity contribution < 1.29 is 14.3 Å². The highest BCUT2D eigenvalue weighted by atomic mass is 16.5. The van der Waals surface area contributed by atoms with Gasteiger partial charge in [0.05, 0.1) is 23.8 Å². The lowest BCUT2D eigenvalue weighted by Crippen LogP contribution is -2.01. The average molecular weight is 203 g/mol. The van der Waals surface area contributed by atoms with Crippen LogP contribution in [0, 0.1) is 11.3 Å². The first kappa shape index (κ1) is 10.9. The van der Waals surface area contributed by atoms with E-state index in [4.69, 9.17) is 10.00 Å². The number of nitrogens with zero attached hydrogens (tertiary/aromatic N) is 1. The minimum atomic E-state index is 0.0819. The van der Waals surface area contributed by atoms with Crippen molar-refractivity contribution in [3.8, 4) is 11.8 Å². The van der Waals surface area contributed by atoms with Crippen molar-refractivity contribution in [1.82, 2.24) is 0 Å². The molecule has 0 unspecified atom stereocenters. The van der Waals surface area contributed by atoms with Crippen molar-refractivity contribution in [3.63, 3.8) is 0 Å². The lowest BCUT2D eigenvalue weighted by Gasteiger charge is -2.08.